The molecule has 1 aliphatic rings. The molecule has 1 aromatic rings. The minimum absolute atomic E-state index is 0.163. The molecule has 0 N–H and O–H groups in total. The number of carbonyl (C=O) groups excluding carboxylic acids is 1. The summed E-state index contributed by atoms with van der Waals surface area (Å²) >= 11 is 1.49. The molecule has 0 radical (unpaired) electrons. The number of aromatic nitrogens is 1. The van der Waals surface area contributed by atoms with Gasteiger partial charge in [-0.2, -0.15) is 5.26 Å². The minimum Gasteiger partial charge on any atom is -0.354 e. The average molecular weight is 221 g/mol. The Hall–Kier alpha value is -1.41. The van der Waals surface area contributed by atoms with Crippen molar-refractivity contribution in [2.45, 2.75) is 18.3 Å². The molecule has 0 spiro atoms. The fourth-order valence-corrected chi connectivity index (χ4v) is 2.60. The standard InChI is InChI=1S/C10H11N3OS/c1-13(2)9-12-5-8(15-9)10(6-11)3-7(14)4-10/h5H,3-4H2,1-2H3. The van der Waals surface area contributed by atoms with Gasteiger partial charge in [0, 0.05) is 38.0 Å². The normalized spacial score (nSPS) is 18.1. The summed E-state index contributed by atoms with van der Waals surface area (Å²) in [6.45, 7) is 0. The van der Waals surface area contributed by atoms with Crippen LogP contribution in [0.1, 0.15) is 17.7 Å². The number of hydrogen-bond acceptors (Lipinski definition) is 5. The predicted octanol–water partition coefficient (Wildman–Crippen LogP) is 1.33. The van der Waals surface area contributed by atoms with Crippen LogP contribution >= 0.6 is 11.3 Å². The SMILES string of the molecule is CN(C)c1ncc(C2(C#N)CC(=O)C2)s1. The van der Waals surface area contributed by atoms with Gasteiger partial charge in [0.1, 0.15) is 11.2 Å². The van der Waals surface area contributed by atoms with Gasteiger partial charge in [0.25, 0.3) is 0 Å². The Balaban J connectivity index is 2.30. The topological polar surface area (TPSA) is 57.0 Å². The van der Waals surface area contributed by atoms with E-state index in [2.05, 4.69) is 11.1 Å². The van der Waals surface area contributed by atoms with Crippen molar-refractivity contribution in [3.05, 3.63) is 11.1 Å². The zero-order chi connectivity index (χ0) is 11.1. The van der Waals surface area contributed by atoms with E-state index >= 15 is 0 Å². The molecule has 15 heavy (non-hydrogen) atoms. The van der Waals surface area contributed by atoms with Gasteiger partial charge in [-0.15, -0.1) is 11.3 Å². The summed E-state index contributed by atoms with van der Waals surface area (Å²) in [6.07, 6.45) is 2.41. The summed E-state index contributed by atoms with van der Waals surface area (Å²) in [7, 11) is 3.82. The average Bonchev–Trinajstić information content (AvgIpc) is 2.61. The zero-order valence-corrected chi connectivity index (χ0v) is 9.47. The summed E-state index contributed by atoms with van der Waals surface area (Å²) in [5.74, 6) is 0.163. The Labute approximate surface area is 92.2 Å². The lowest BCUT2D eigenvalue weighted by atomic mass is 9.68. The molecular formula is C10H11N3OS. The summed E-state index contributed by atoms with van der Waals surface area (Å²) in [6, 6.07) is 2.24. The van der Waals surface area contributed by atoms with E-state index in [1.165, 1.54) is 11.3 Å². The Kier molecular flexibility index (Phi) is 2.24. The Morgan fingerprint density at radius 1 is 1.60 bits per heavy atom. The molecule has 1 aliphatic carbocycles. The number of hydrogen-bond donors (Lipinski definition) is 0. The third kappa shape index (κ3) is 1.51. The molecule has 5 heteroatoms. The molecule has 0 aliphatic heterocycles. The number of anilines is 1. The molecule has 0 unspecified atom stereocenters. The molecule has 1 heterocycles. The van der Waals surface area contributed by atoms with Crippen LogP contribution in [0, 0.1) is 11.3 Å². The first-order valence-electron chi connectivity index (χ1n) is 4.64. The van der Waals surface area contributed by atoms with Crippen LogP contribution in [0.25, 0.3) is 0 Å². The first kappa shape index (κ1) is 10.1. The highest BCUT2D eigenvalue weighted by Crippen LogP contribution is 2.44. The lowest BCUT2D eigenvalue weighted by molar-refractivity contribution is -0.126. The zero-order valence-electron chi connectivity index (χ0n) is 8.65. The Morgan fingerprint density at radius 3 is 2.67 bits per heavy atom. The molecule has 0 aromatic carbocycles. The Bertz CT molecular complexity index is 436. The largest absolute Gasteiger partial charge is 0.354 e. The summed E-state index contributed by atoms with van der Waals surface area (Å²) in [5, 5.41) is 9.99. The smallest absolute Gasteiger partial charge is 0.185 e. The molecule has 0 saturated heterocycles. The summed E-state index contributed by atoms with van der Waals surface area (Å²) in [5.41, 5.74) is -0.580. The number of ketones is 1. The van der Waals surface area contributed by atoms with Gasteiger partial charge < -0.3 is 4.90 Å². The van der Waals surface area contributed by atoms with Crippen LogP contribution in [0.5, 0.6) is 0 Å². The van der Waals surface area contributed by atoms with Crippen molar-refractivity contribution in [2.75, 3.05) is 19.0 Å². The van der Waals surface area contributed by atoms with Gasteiger partial charge in [0.05, 0.1) is 6.07 Å². The molecule has 0 amide bonds. The number of thiazole rings is 1. The van der Waals surface area contributed by atoms with Gasteiger partial charge in [0.15, 0.2) is 5.13 Å². The second-order valence-corrected chi connectivity index (χ2v) is 5.00. The van der Waals surface area contributed by atoms with Crippen molar-refractivity contribution >= 4 is 22.3 Å². The molecule has 78 valence electrons. The first-order valence-corrected chi connectivity index (χ1v) is 5.46. The second kappa shape index (κ2) is 3.31. The fraction of sp³-hybridized carbons (Fsp3) is 0.500. The van der Waals surface area contributed by atoms with E-state index in [0.29, 0.717) is 12.8 Å². The lowest BCUT2D eigenvalue weighted by Crippen LogP contribution is -2.39. The highest BCUT2D eigenvalue weighted by atomic mass is 32.1. The van der Waals surface area contributed by atoms with E-state index in [9.17, 15) is 4.79 Å². The highest BCUT2D eigenvalue weighted by Gasteiger charge is 2.47. The third-order valence-corrected chi connectivity index (χ3v) is 3.93. The van der Waals surface area contributed by atoms with Gasteiger partial charge in [-0.25, -0.2) is 4.98 Å². The highest BCUT2D eigenvalue weighted by molar-refractivity contribution is 7.15. The van der Waals surface area contributed by atoms with Crippen LogP contribution in [0.3, 0.4) is 0 Å². The van der Waals surface area contributed by atoms with Crippen molar-refractivity contribution in [3.63, 3.8) is 0 Å². The quantitative estimate of drug-likeness (QED) is 0.756. The van der Waals surface area contributed by atoms with E-state index in [1.54, 1.807) is 6.20 Å². The van der Waals surface area contributed by atoms with E-state index in [4.69, 9.17) is 5.26 Å². The number of nitriles is 1. The van der Waals surface area contributed by atoms with Gasteiger partial charge in [0.2, 0.25) is 0 Å². The van der Waals surface area contributed by atoms with E-state index in [0.717, 1.165) is 10.0 Å². The van der Waals surface area contributed by atoms with Crippen molar-refractivity contribution in [2.24, 2.45) is 0 Å². The lowest BCUT2D eigenvalue weighted by Gasteiger charge is -2.31. The first-order chi connectivity index (χ1) is 7.07. The monoisotopic (exact) mass is 221 g/mol. The van der Waals surface area contributed by atoms with Gasteiger partial charge in [-0.05, 0) is 0 Å². The van der Waals surface area contributed by atoms with Crippen LogP contribution in [0.15, 0.2) is 6.20 Å². The van der Waals surface area contributed by atoms with Crippen LogP contribution in [0.4, 0.5) is 5.13 Å². The molecule has 1 fully saturated rings. The summed E-state index contributed by atoms with van der Waals surface area (Å²) in [4.78, 5) is 18.0. The maximum absolute atomic E-state index is 11.0. The molecule has 2 rings (SSSR count). The number of nitrogens with zero attached hydrogens (tertiary/aromatic N) is 3. The number of rotatable bonds is 2. The van der Waals surface area contributed by atoms with Crippen molar-refractivity contribution in [3.8, 4) is 6.07 Å². The summed E-state index contributed by atoms with van der Waals surface area (Å²) < 4.78 is 0. The molecule has 1 aromatic heterocycles. The van der Waals surface area contributed by atoms with Crippen LogP contribution in [0.2, 0.25) is 0 Å². The number of carbonyl (C=O) groups is 1. The van der Waals surface area contributed by atoms with Crippen LogP contribution in [-0.4, -0.2) is 24.9 Å². The van der Waals surface area contributed by atoms with Crippen molar-refractivity contribution in [1.29, 1.82) is 5.26 Å². The predicted molar refractivity (Wildman–Crippen MR) is 58.0 cm³/mol. The van der Waals surface area contributed by atoms with E-state index < -0.39 is 5.41 Å². The van der Waals surface area contributed by atoms with Crippen LogP contribution < -0.4 is 4.90 Å². The van der Waals surface area contributed by atoms with Crippen molar-refractivity contribution < 1.29 is 4.79 Å². The number of Topliss-reactive ketones (excluding diaryl/α,β-unsaturated/α-hetero) is 1. The molecule has 1 saturated carbocycles. The van der Waals surface area contributed by atoms with Crippen LogP contribution in [-0.2, 0) is 10.2 Å². The van der Waals surface area contributed by atoms with Gasteiger partial charge in [-0.3, -0.25) is 4.79 Å². The fourth-order valence-electron chi connectivity index (χ4n) is 1.62. The molecular weight excluding hydrogens is 210 g/mol. The maximum Gasteiger partial charge on any atom is 0.185 e. The van der Waals surface area contributed by atoms with E-state index in [-0.39, 0.29) is 5.78 Å². The van der Waals surface area contributed by atoms with E-state index in [1.807, 2.05) is 19.0 Å². The minimum atomic E-state index is -0.580. The molecule has 4 nitrogen and oxygen atoms in total. The van der Waals surface area contributed by atoms with Crippen molar-refractivity contribution in [1.82, 2.24) is 4.98 Å². The van der Waals surface area contributed by atoms with Gasteiger partial charge in [-0.1, -0.05) is 0 Å². The Morgan fingerprint density at radius 2 is 2.27 bits per heavy atom. The third-order valence-electron chi connectivity index (χ3n) is 2.56. The maximum atomic E-state index is 11.0. The second-order valence-electron chi connectivity index (χ2n) is 3.99. The van der Waals surface area contributed by atoms with Gasteiger partial charge >= 0.3 is 0 Å². The molecule has 0 atom stereocenters. The molecule has 0 bridgehead atoms.